The second kappa shape index (κ2) is 10.00. The number of aliphatic hydroxyl groups is 1. The zero-order chi connectivity index (χ0) is 13.1. The molecule has 0 aliphatic carbocycles. The van der Waals surface area contributed by atoms with Gasteiger partial charge in [0.15, 0.2) is 0 Å². The molecule has 0 bridgehead atoms. The first-order valence-corrected chi connectivity index (χ1v) is 6.69. The number of rotatable bonds is 10. The van der Waals surface area contributed by atoms with E-state index in [4.69, 9.17) is 4.74 Å². The molecule has 0 saturated heterocycles. The van der Waals surface area contributed by atoms with E-state index in [1.165, 1.54) is 0 Å². The molecule has 102 valence electrons. The summed E-state index contributed by atoms with van der Waals surface area (Å²) < 4.78 is 5.27. The monoisotopic (exact) mass is 252 g/mol. The minimum atomic E-state index is -0.411. The maximum Gasteiger partial charge on any atom is 0.0897 e. The van der Waals surface area contributed by atoms with E-state index in [1.807, 2.05) is 24.4 Å². The van der Waals surface area contributed by atoms with Gasteiger partial charge in [0.2, 0.25) is 0 Å². The van der Waals surface area contributed by atoms with Crippen molar-refractivity contribution in [3.63, 3.8) is 0 Å². The summed E-state index contributed by atoms with van der Waals surface area (Å²) >= 11 is 0. The van der Waals surface area contributed by atoms with Crippen LogP contribution in [0.1, 0.15) is 25.5 Å². The maximum atomic E-state index is 9.59. The number of aryl methyl sites for hydroxylation is 1. The molecule has 4 nitrogen and oxygen atoms in total. The van der Waals surface area contributed by atoms with E-state index in [-0.39, 0.29) is 0 Å². The van der Waals surface area contributed by atoms with Crippen molar-refractivity contribution in [1.29, 1.82) is 0 Å². The molecule has 1 heterocycles. The standard InChI is InChI=1S/C14H24N2O2/c1-2-10-18-12-14(17)11-15-8-5-7-13-6-3-4-9-16-13/h3-4,6,9,14-15,17H,2,5,7-8,10-12H2,1H3. The van der Waals surface area contributed by atoms with E-state index >= 15 is 0 Å². The van der Waals surface area contributed by atoms with Gasteiger partial charge >= 0.3 is 0 Å². The minimum Gasteiger partial charge on any atom is -0.389 e. The number of hydrogen-bond acceptors (Lipinski definition) is 4. The van der Waals surface area contributed by atoms with Crippen molar-refractivity contribution in [3.05, 3.63) is 30.1 Å². The normalized spacial score (nSPS) is 12.6. The molecule has 1 rings (SSSR count). The van der Waals surface area contributed by atoms with Gasteiger partial charge in [0.05, 0.1) is 12.7 Å². The molecule has 4 heteroatoms. The lowest BCUT2D eigenvalue weighted by Gasteiger charge is -2.11. The molecule has 0 radical (unpaired) electrons. The van der Waals surface area contributed by atoms with Crippen molar-refractivity contribution in [3.8, 4) is 0 Å². The highest BCUT2D eigenvalue weighted by Crippen LogP contribution is 1.97. The molecule has 18 heavy (non-hydrogen) atoms. The summed E-state index contributed by atoms with van der Waals surface area (Å²) in [6, 6.07) is 5.96. The first kappa shape index (κ1) is 15.1. The number of pyridine rings is 1. The van der Waals surface area contributed by atoms with Gasteiger partial charge in [-0.25, -0.2) is 0 Å². The average Bonchev–Trinajstić information content (AvgIpc) is 2.40. The highest BCUT2D eigenvalue weighted by Gasteiger charge is 2.02. The Labute approximate surface area is 109 Å². The van der Waals surface area contributed by atoms with Crippen molar-refractivity contribution in [2.75, 3.05) is 26.3 Å². The van der Waals surface area contributed by atoms with E-state index in [9.17, 15) is 5.11 Å². The Balaban J connectivity index is 1.95. The van der Waals surface area contributed by atoms with Gasteiger partial charge in [-0.15, -0.1) is 0 Å². The lowest BCUT2D eigenvalue weighted by Crippen LogP contribution is -2.31. The first-order chi connectivity index (χ1) is 8.83. The van der Waals surface area contributed by atoms with Crippen LogP contribution in [0.5, 0.6) is 0 Å². The number of aromatic nitrogens is 1. The molecule has 0 amide bonds. The van der Waals surface area contributed by atoms with Crippen molar-refractivity contribution in [2.24, 2.45) is 0 Å². The number of nitrogens with zero attached hydrogens (tertiary/aromatic N) is 1. The van der Waals surface area contributed by atoms with Crippen molar-refractivity contribution in [1.82, 2.24) is 10.3 Å². The summed E-state index contributed by atoms with van der Waals surface area (Å²) in [6.07, 6.45) is 4.39. The fraction of sp³-hybridized carbons (Fsp3) is 0.643. The molecule has 0 aliphatic heterocycles. The van der Waals surface area contributed by atoms with Crippen LogP contribution in [-0.2, 0) is 11.2 Å². The van der Waals surface area contributed by atoms with Crippen LogP contribution in [0.2, 0.25) is 0 Å². The SMILES string of the molecule is CCCOCC(O)CNCCCc1ccccn1. The summed E-state index contributed by atoms with van der Waals surface area (Å²) in [5.74, 6) is 0. The van der Waals surface area contributed by atoms with E-state index in [0.29, 0.717) is 13.2 Å². The summed E-state index contributed by atoms with van der Waals surface area (Å²) in [5, 5.41) is 12.8. The smallest absolute Gasteiger partial charge is 0.0897 e. The van der Waals surface area contributed by atoms with Crippen LogP contribution < -0.4 is 5.32 Å². The van der Waals surface area contributed by atoms with Gasteiger partial charge in [0.25, 0.3) is 0 Å². The van der Waals surface area contributed by atoms with Gasteiger partial charge in [0.1, 0.15) is 0 Å². The van der Waals surface area contributed by atoms with Crippen molar-refractivity contribution < 1.29 is 9.84 Å². The van der Waals surface area contributed by atoms with Crippen LogP contribution in [0.3, 0.4) is 0 Å². The van der Waals surface area contributed by atoms with Gasteiger partial charge in [-0.3, -0.25) is 4.98 Å². The van der Waals surface area contributed by atoms with Gasteiger partial charge in [-0.1, -0.05) is 13.0 Å². The molecule has 0 aliphatic rings. The molecule has 1 unspecified atom stereocenters. The van der Waals surface area contributed by atoms with Crippen molar-refractivity contribution in [2.45, 2.75) is 32.3 Å². The van der Waals surface area contributed by atoms with Gasteiger partial charge in [0, 0.05) is 25.0 Å². The van der Waals surface area contributed by atoms with Crippen LogP contribution >= 0.6 is 0 Å². The van der Waals surface area contributed by atoms with Crippen LogP contribution in [0.4, 0.5) is 0 Å². The molecule has 0 saturated carbocycles. The minimum absolute atomic E-state index is 0.411. The fourth-order valence-corrected chi connectivity index (χ4v) is 1.63. The quantitative estimate of drug-likeness (QED) is 0.618. The highest BCUT2D eigenvalue weighted by atomic mass is 16.5. The Morgan fingerprint density at radius 1 is 1.44 bits per heavy atom. The predicted molar refractivity (Wildman–Crippen MR) is 72.5 cm³/mol. The zero-order valence-electron chi connectivity index (χ0n) is 11.1. The molecular weight excluding hydrogens is 228 g/mol. The van der Waals surface area contributed by atoms with Crippen LogP contribution in [0, 0.1) is 0 Å². The van der Waals surface area contributed by atoms with Gasteiger partial charge in [-0.2, -0.15) is 0 Å². The first-order valence-electron chi connectivity index (χ1n) is 6.69. The summed E-state index contributed by atoms with van der Waals surface area (Å²) in [4.78, 5) is 4.26. The Morgan fingerprint density at radius 2 is 2.33 bits per heavy atom. The van der Waals surface area contributed by atoms with Crippen LogP contribution in [-0.4, -0.2) is 42.5 Å². The summed E-state index contributed by atoms with van der Waals surface area (Å²) in [7, 11) is 0. The molecule has 0 fully saturated rings. The Kier molecular flexibility index (Phi) is 8.38. The Bertz CT molecular complexity index is 293. The lowest BCUT2D eigenvalue weighted by molar-refractivity contribution is 0.0374. The number of aliphatic hydroxyl groups excluding tert-OH is 1. The molecule has 2 N–H and O–H groups in total. The largest absolute Gasteiger partial charge is 0.389 e. The molecule has 0 spiro atoms. The van der Waals surface area contributed by atoms with Crippen LogP contribution in [0.15, 0.2) is 24.4 Å². The second-order valence-corrected chi connectivity index (χ2v) is 4.36. The molecule has 1 aromatic heterocycles. The highest BCUT2D eigenvalue weighted by molar-refractivity contribution is 5.03. The Hall–Kier alpha value is -0.970. The predicted octanol–water partition coefficient (Wildman–Crippen LogP) is 1.39. The third kappa shape index (κ3) is 7.37. The zero-order valence-corrected chi connectivity index (χ0v) is 11.1. The van der Waals surface area contributed by atoms with E-state index in [1.54, 1.807) is 0 Å². The summed E-state index contributed by atoms with van der Waals surface area (Å²) in [5.41, 5.74) is 1.12. The average molecular weight is 252 g/mol. The molecule has 1 atom stereocenters. The Morgan fingerprint density at radius 3 is 3.06 bits per heavy atom. The maximum absolute atomic E-state index is 9.59. The third-order valence-electron chi connectivity index (χ3n) is 2.55. The van der Waals surface area contributed by atoms with E-state index < -0.39 is 6.10 Å². The molecule has 1 aromatic rings. The second-order valence-electron chi connectivity index (χ2n) is 4.36. The number of nitrogens with one attached hydrogen (secondary N) is 1. The van der Waals surface area contributed by atoms with Gasteiger partial charge < -0.3 is 15.2 Å². The number of ether oxygens (including phenoxy) is 1. The van der Waals surface area contributed by atoms with Gasteiger partial charge in [-0.05, 0) is 37.9 Å². The van der Waals surface area contributed by atoms with E-state index in [2.05, 4.69) is 17.2 Å². The fourth-order valence-electron chi connectivity index (χ4n) is 1.63. The van der Waals surface area contributed by atoms with Crippen molar-refractivity contribution >= 4 is 0 Å². The molecular formula is C14H24N2O2. The third-order valence-corrected chi connectivity index (χ3v) is 2.55. The summed E-state index contributed by atoms with van der Waals surface area (Å²) in [6.45, 7) is 4.67. The van der Waals surface area contributed by atoms with E-state index in [0.717, 1.165) is 38.1 Å². The van der Waals surface area contributed by atoms with Crippen LogP contribution in [0.25, 0.3) is 0 Å². The lowest BCUT2D eigenvalue weighted by atomic mass is 10.2. The topological polar surface area (TPSA) is 54.4 Å². The molecule has 0 aromatic carbocycles. The number of hydrogen-bond donors (Lipinski definition) is 2.